The van der Waals surface area contributed by atoms with Crippen molar-refractivity contribution in [2.45, 2.75) is 10.1 Å². The fourth-order valence-corrected chi connectivity index (χ4v) is 2.38. The minimum Gasteiger partial charge on any atom is -0.231 e. The molecular weight excluding hydrogens is 251 g/mol. The van der Waals surface area contributed by atoms with Gasteiger partial charge in [0.15, 0.2) is 5.16 Å². The van der Waals surface area contributed by atoms with E-state index < -0.39 is 0 Å². The van der Waals surface area contributed by atoms with Crippen LogP contribution in [0.25, 0.3) is 0 Å². The van der Waals surface area contributed by atoms with Crippen LogP contribution in [0.2, 0.25) is 10.0 Å². The number of nitrogens with zero attached hydrogens (tertiary/aromatic N) is 2. The molecule has 0 amide bonds. The van der Waals surface area contributed by atoms with Gasteiger partial charge in [0.25, 0.3) is 0 Å². The van der Waals surface area contributed by atoms with Crippen LogP contribution in [-0.4, -0.2) is 9.97 Å². The second kappa shape index (κ2) is 4.84. The summed E-state index contributed by atoms with van der Waals surface area (Å²) in [6, 6.07) is 7.15. The Hall–Kier alpha value is -0.770. The molecule has 0 fully saturated rings. The number of benzene rings is 1. The Bertz CT molecular complexity index is 442. The highest BCUT2D eigenvalue weighted by molar-refractivity contribution is 7.99. The van der Waals surface area contributed by atoms with Crippen molar-refractivity contribution in [2.75, 3.05) is 0 Å². The van der Waals surface area contributed by atoms with E-state index in [1.807, 2.05) is 0 Å². The lowest BCUT2D eigenvalue weighted by Gasteiger charge is -2.04. The van der Waals surface area contributed by atoms with Crippen LogP contribution in [-0.2, 0) is 0 Å². The predicted molar refractivity (Wildman–Crippen MR) is 62.6 cm³/mol. The predicted octanol–water partition coefficient (Wildman–Crippen LogP) is 3.93. The highest BCUT2D eigenvalue weighted by Gasteiger charge is 2.08. The summed E-state index contributed by atoms with van der Waals surface area (Å²) in [5, 5.41) is 1.85. The maximum atomic E-state index is 6.02. The third-order valence-electron chi connectivity index (χ3n) is 1.65. The summed E-state index contributed by atoms with van der Waals surface area (Å²) in [6.45, 7) is 0. The van der Waals surface area contributed by atoms with E-state index in [1.165, 1.54) is 11.8 Å². The Morgan fingerprint density at radius 3 is 2.13 bits per heavy atom. The van der Waals surface area contributed by atoms with Crippen molar-refractivity contribution in [2.24, 2.45) is 0 Å². The number of halogens is 2. The van der Waals surface area contributed by atoms with Crippen LogP contribution in [0.3, 0.4) is 0 Å². The Morgan fingerprint density at radius 1 is 0.933 bits per heavy atom. The molecule has 0 bridgehead atoms. The van der Waals surface area contributed by atoms with Crippen molar-refractivity contribution in [1.29, 1.82) is 0 Å². The van der Waals surface area contributed by atoms with Gasteiger partial charge in [-0.1, -0.05) is 29.3 Å². The van der Waals surface area contributed by atoms with Crippen LogP contribution in [0.1, 0.15) is 0 Å². The van der Waals surface area contributed by atoms with Gasteiger partial charge in [0.2, 0.25) is 0 Å². The van der Waals surface area contributed by atoms with Gasteiger partial charge in [-0.05, 0) is 30.0 Å². The first-order valence-electron chi connectivity index (χ1n) is 4.16. The first-order chi connectivity index (χ1) is 7.27. The Morgan fingerprint density at radius 2 is 1.53 bits per heavy atom. The molecule has 5 heteroatoms. The summed E-state index contributed by atoms with van der Waals surface area (Å²) in [4.78, 5) is 8.97. The van der Waals surface area contributed by atoms with Crippen molar-refractivity contribution < 1.29 is 0 Å². The molecule has 0 aliphatic rings. The zero-order chi connectivity index (χ0) is 10.7. The van der Waals surface area contributed by atoms with E-state index in [1.54, 1.807) is 36.7 Å². The largest absolute Gasteiger partial charge is 0.231 e. The topological polar surface area (TPSA) is 25.8 Å². The minimum atomic E-state index is 0.611. The summed E-state index contributed by atoms with van der Waals surface area (Å²) < 4.78 is 0. The number of rotatable bonds is 2. The molecule has 0 N–H and O–H groups in total. The molecule has 0 radical (unpaired) electrons. The number of hydrogen-bond donors (Lipinski definition) is 0. The zero-order valence-corrected chi connectivity index (χ0v) is 9.85. The van der Waals surface area contributed by atoms with E-state index in [-0.39, 0.29) is 0 Å². The fraction of sp³-hybridized carbons (Fsp3) is 0. The standard InChI is InChI=1S/C10H6Cl2N2S/c11-7-3-1-4-8(12)9(7)15-10-13-5-2-6-14-10/h1-6H. The molecule has 2 rings (SSSR count). The molecule has 0 aliphatic carbocycles. The molecule has 0 saturated carbocycles. The van der Waals surface area contributed by atoms with Crippen molar-refractivity contribution >= 4 is 35.0 Å². The fourth-order valence-electron chi connectivity index (χ4n) is 1.01. The molecule has 0 aliphatic heterocycles. The normalized spacial score (nSPS) is 10.3. The quantitative estimate of drug-likeness (QED) is 0.762. The van der Waals surface area contributed by atoms with Crippen molar-refractivity contribution in [1.82, 2.24) is 9.97 Å². The first kappa shape index (κ1) is 10.7. The summed E-state index contributed by atoms with van der Waals surface area (Å²) in [7, 11) is 0. The van der Waals surface area contributed by atoms with Gasteiger partial charge in [-0.15, -0.1) is 0 Å². The summed E-state index contributed by atoms with van der Waals surface area (Å²) in [5.74, 6) is 0. The second-order valence-corrected chi connectivity index (χ2v) is 4.48. The van der Waals surface area contributed by atoms with Gasteiger partial charge < -0.3 is 0 Å². The molecule has 0 saturated heterocycles. The van der Waals surface area contributed by atoms with E-state index in [2.05, 4.69) is 9.97 Å². The van der Waals surface area contributed by atoms with Crippen molar-refractivity contribution in [3.05, 3.63) is 46.7 Å². The van der Waals surface area contributed by atoms with Gasteiger partial charge in [0.1, 0.15) is 0 Å². The lowest BCUT2D eigenvalue weighted by molar-refractivity contribution is 0.967. The maximum Gasteiger partial charge on any atom is 0.192 e. The second-order valence-electron chi connectivity index (χ2n) is 2.68. The molecular formula is C10H6Cl2N2S. The lowest BCUT2D eigenvalue weighted by atomic mass is 10.4. The van der Waals surface area contributed by atoms with Crippen LogP contribution in [0.15, 0.2) is 46.7 Å². The maximum absolute atomic E-state index is 6.02. The summed E-state index contributed by atoms with van der Waals surface area (Å²) in [5.41, 5.74) is 0. The van der Waals surface area contributed by atoms with Crippen LogP contribution < -0.4 is 0 Å². The molecule has 1 aromatic carbocycles. The third-order valence-corrected chi connectivity index (χ3v) is 3.55. The molecule has 15 heavy (non-hydrogen) atoms. The van der Waals surface area contributed by atoms with Gasteiger partial charge >= 0.3 is 0 Å². The Labute approximate surface area is 102 Å². The molecule has 0 spiro atoms. The summed E-state index contributed by atoms with van der Waals surface area (Å²) >= 11 is 13.4. The molecule has 76 valence electrons. The van der Waals surface area contributed by atoms with Gasteiger partial charge in [-0.3, -0.25) is 0 Å². The number of hydrogen-bond acceptors (Lipinski definition) is 3. The molecule has 0 atom stereocenters. The Kier molecular flexibility index (Phi) is 3.46. The van der Waals surface area contributed by atoms with Crippen LogP contribution in [0.4, 0.5) is 0 Å². The zero-order valence-electron chi connectivity index (χ0n) is 7.52. The van der Waals surface area contributed by atoms with E-state index >= 15 is 0 Å². The van der Waals surface area contributed by atoms with Crippen molar-refractivity contribution in [3.63, 3.8) is 0 Å². The average molecular weight is 257 g/mol. The molecule has 2 nitrogen and oxygen atoms in total. The van der Waals surface area contributed by atoms with Crippen molar-refractivity contribution in [3.8, 4) is 0 Å². The van der Waals surface area contributed by atoms with E-state index in [0.29, 0.717) is 15.2 Å². The van der Waals surface area contributed by atoms with Gasteiger partial charge in [-0.2, -0.15) is 0 Å². The molecule has 1 aromatic heterocycles. The summed E-state index contributed by atoms with van der Waals surface area (Å²) in [6.07, 6.45) is 3.36. The molecule has 2 aromatic rings. The van der Waals surface area contributed by atoms with Gasteiger partial charge in [0.05, 0.1) is 14.9 Å². The third kappa shape index (κ3) is 2.62. The molecule has 1 heterocycles. The van der Waals surface area contributed by atoms with Crippen LogP contribution in [0, 0.1) is 0 Å². The van der Waals surface area contributed by atoms with Gasteiger partial charge in [-0.25, -0.2) is 9.97 Å². The van der Waals surface area contributed by atoms with E-state index in [0.717, 1.165) is 4.90 Å². The highest BCUT2D eigenvalue weighted by atomic mass is 35.5. The lowest BCUT2D eigenvalue weighted by Crippen LogP contribution is -1.84. The van der Waals surface area contributed by atoms with E-state index in [9.17, 15) is 0 Å². The molecule has 0 unspecified atom stereocenters. The van der Waals surface area contributed by atoms with E-state index in [4.69, 9.17) is 23.2 Å². The van der Waals surface area contributed by atoms with Crippen LogP contribution in [0.5, 0.6) is 0 Å². The number of aromatic nitrogens is 2. The minimum absolute atomic E-state index is 0.611. The van der Waals surface area contributed by atoms with Crippen LogP contribution >= 0.6 is 35.0 Å². The first-order valence-corrected chi connectivity index (χ1v) is 5.73. The SMILES string of the molecule is Clc1cccc(Cl)c1Sc1ncccn1. The monoisotopic (exact) mass is 256 g/mol. The average Bonchev–Trinajstić information content (AvgIpc) is 2.25. The highest BCUT2D eigenvalue weighted by Crippen LogP contribution is 2.36. The smallest absolute Gasteiger partial charge is 0.192 e. The van der Waals surface area contributed by atoms with Gasteiger partial charge in [0, 0.05) is 12.4 Å². The Balaban J connectivity index is 2.32.